The lowest BCUT2D eigenvalue weighted by molar-refractivity contribution is 0.294. The lowest BCUT2D eigenvalue weighted by Crippen LogP contribution is -2.46. The molecule has 1 aromatic rings. The van der Waals surface area contributed by atoms with E-state index in [1.807, 2.05) is 0 Å². The van der Waals surface area contributed by atoms with Crippen LogP contribution >= 0.6 is 15.9 Å². The Labute approximate surface area is 111 Å². The lowest BCUT2D eigenvalue weighted by atomic mass is 9.86. The molecule has 17 heavy (non-hydrogen) atoms. The number of nitrogens with zero attached hydrogens (tertiary/aromatic N) is 3. The standard InChI is InChI=1S/C12H19BrN4/c1-7-4-8(2)9(3)17(6-7)12-15-10(13)5-11(14)16-12/h5,7-9H,4,6H2,1-3H3,(H2,14,15,16). The Morgan fingerprint density at radius 1 is 1.35 bits per heavy atom. The molecule has 3 atom stereocenters. The molecule has 1 aromatic heterocycles. The van der Waals surface area contributed by atoms with Gasteiger partial charge in [-0.1, -0.05) is 13.8 Å². The van der Waals surface area contributed by atoms with E-state index in [-0.39, 0.29) is 0 Å². The second-order valence-corrected chi connectivity index (χ2v) is 5.94. The summed E-state index contributed by atoms with van der Waals surface area (Å²) in [4.78, 5) is 11.0. The van der Waals surface area contributed by atoms with Crippen LogP contribution in [0.25, 0.3) is 0 Å². The van der Waals surface area contributed by atoms with Crippen LogP contribution in [0.2, 0.25) is 0 Å². The monoisotopic (exact) mass is 298 g/mol. The molecule has 2 heterocycles. The minimum absolute atomic E-state index is 0.458. The van der Waals surface area contributed by atoms with Gasteiger partial charge in [0.15, 0.2) is 0 Å². The first-order valence-corrected chi connectivity index (χ1v) is 6.83. The van der Waals surface area contributed by atoms with Crippen LogP contribution in [-0.4, -0.2) is 22.6 Å². The van der Waals surface area contributed by atoms with Crippen LogP contribution in [0.1, 0.15) is 27.2 Å². The number of rotatable bonds is 1. The third-order valence-electron chi connectivity index (χ3n) is 3.56. The van der Waals surface area contributed by atoms with Crippen molar-refractivity contribution in [2.45, 2.75) is 33.2 Å². The summed E-state index contributed by atoms with van der Waals surface area (Å²) in [7, 11) is 0. The van der Waals surface area contributed by atoms with Crippen molar-refractivity contribution in [3.63, 3.8) is 0 Å². The van der Waals surface area contributed by atoms with E-state index >= 15 is 0 Å². The molecule has 1 saturated heterocycles. The maximum atomic E-state index is 5.77. The highest BCUT2D eigenvalue weighted by Gasteiger charge is 2.30. The minimum atomic E-state index is 0.458. The summed E-state index contributed by atoms with van der Waals surface area (Å²) in [6.07, 6.45) is 1.27. The number of nitrogens with two attached hydrogens (primary N) is 1. The molecular weight excluding hydrogens is 280 g/mol. The van der Waals surface area contributed by atoms with Gasteiger partial charge in [0.05, 0.1) is 0 Å². The smallest absolute Gasteiger partial charge is 0.228 e. The summed E-state index contributed by atoms with van der Waals surface area (Å²) < 4.78 is 0.748. The first-order valence-electron chi connectivity index (χ1n) is 6.04. The van der Waals surface area contributed by atoms with Crippen LogP contribution < -0.4 is 10.6 Å². The molecule has 2 N–H and O–H groups in total. The van der Waals surface area contributed by atoms with Gasteiger partial charge in [0.1, 0.15) is 10.4 Å². The quantitative estimate of drug-likeness (QED) is 0.810. The van der Waals surface area contributed by atoms with E-state index in [1.54, 1.807) is 6.07 Å². The second-order valence-electron chi connectivity index (χ2n) is 5.13. The summed E-state index contributed by atoms with van der Waals surface area (Å²) in [6, 6.07) is 2.19. The van der Waals surface area contributed by atoms with Crippen LogP contribution in [0, 0.1) is 11.8 Å². The molecular formula is C12H19BrN4. The Morgan fingerprint density at radius 2 is 2.06 bits per heavy atom. The SMILES string of the molecule is CC1CC(C)C(C)N(c2nc(N)cc(Br)n2)C1. The zero-order valence-electron chi connectivity index (χ0n) is 10.5. The highest BCUT2D eigenvalue weighted by molar-refractivity contribution is 9.10. The van der Waals surface area contributed by atoms with Crippen LogP contribution in [0.5, 0.6) is 0 Å². The summed E-state index contributed by atoms with van der Waals surface area (Å²) >= 11 is 3.37. The Morgan fingerprint density at radius 3 is 2.71 bits per heavy atom. The molecule has 1 fully saturated rings. The summed E-state index contributed by atoms with van der Waals surface area (Å²) in [5.41, 5.74) is 5.77. The van der Waals surface area contributed by atoms with Crippen molar-refractivity contribution in [1.29, 1.82) is 0 Å². The first kappa shape index (κ1) is 12.6. The predicted molar refractivity (Wildman–Crippen MR) is 73.9 cm³/mol. The highest BCUT2D eigenvalue weighted by Crippen LogP contribution is 2.30. The van der Waals surface area contributed by atoms with Gasteiger partial charge in [-0.25, -0.2) is 4.98 Å². The summed E-state index contributed by atoms with van der Waals surface area (Å²) in [6.45, 7) is 7.80. The molecule has 0 saturated carbocycles. The third kappa shape index (κ3) is 2.70. The van der Waals surface area contributed by atoms with Gasteiger partial charge in [-0.2, -0.15) is 4.98 Å². The van der Waals surface area contributed by atoms with Gasteiger partial charge in [0.25, 0.3) is 0 Å². The Hall–Kier alpha value is -0.840. The van der Waals surface area contributed by atoms with Gasteiger partial charge in [0.2, 0.25) is 5.95 Å². The fraction of sp³-hybridized carbons (Fsp3) is 0.667. The third-order valence-corrected chi connectivity index (χ3v) is 3.96. The zero-order chi connectivity index (χ0) is 12.6. The van der Waals surface area contributed by atoms with E-state index in [0.717, 1.165) is 17.1 Å². The van der Waals surface area contributed by atoms with Gasteiger partial charge in [0, 0.05) is 18.7 Å². The maximum Gasteiger partial charge on any atom is 0.228 e. The van der Waals surface area contributed by atoms with E-state index in [4.69, 9.17) is 5.73 Å². The average Bonchev–Trinajstić information content (AvgIpc) is 2.22. The predicted octanol–water partition coefficient (Wildman–Crippen LogP) is 2.69. The van der Waals surface area contributed by atoms with Crippen molar-refractivity contribution >= 4 is 27.7 Å². The Balaban J connectivity index is 2.30. The van der Waals surface area contributed by atoms with Crippen LogP contribution in [0.15, 0.2) is 10.7 Å². The van der Waals surface area contributed by atoms with Crippen LogP contribution in [0.3, 0.4) is 0 Å². The zero-order valence-corrected chi connectivity index (χ0v) is 12.1. The summed E-state index contributed by atoms with van der Waals surface area (Å²) in [5.74, 6) is 2.58. The van der Waals surface area contributed by atoms with Gasteiger partial charge in [-0.05, 0) is 41.1 Å². The van der Waals surface area contributed by atoms with Gasteiger partial charge >= 0.3 is 0 Å². The second kappa shape index (κ2) is 4.80. The van der Waals surface area contributed by atoms with E-state index in [1.165, 1.54) is 6.42 Å². The minimum Gasteiger partial charge on any atom is -0.383 e. The topological polar surface area (TPSA) is 55.0 Å². The number of anilines is 2. The van der Waals surface area contributed by atoms with E-state index in [9.17, 15) is 0 Å². The molecule has 4 nitrogen and oxygen atoms in total. The first-order chi connectivity index (χ1) is 7.97. The molecule has 1 aliphatic rings. The number of aromatic nitrogens is 2. The molecule has 94 valence electrons. The van der Waals surface area contributed by atoms with E-state index < -0.39 is 0 Å². The fourth-order valence-corrected chi connectivity index (χ4v) is 2.92. The fourth-order valence-electron chi connectivity index (χ4n) is 2.53. The number of hydrogen-bond donors (Lipinski definition) is 1. The Bertz CT molecular complexity index is 389. The normalized spacial score (nSPS) is 29.4. The van der Waals surface area contributed by atoms with Crippen molar-refractivity contribution in [1.82, 2.24) is 9.97 Å². The molecule has 0 spiro atoms. The van der Waals surface area contributed by atoms with Crippen molar-refractivity contribution in [3.05, 3.63) is 10.7 Å². The molecule has 1 aliphatic heterocycles. The molecule has 2 rings (SSSR count). The molecule has 0 aliphatic carbocycles. The van der Waals surface area contributed by atoms with Gasteiger partial charge in [-0.15, -0.1) is 0 Å². The molecule has 0 amide bonds. The average molecular weight is 299 g/mol. The van der Waals surface area contributed by atoms with Crippen molar-refractivity contribution in [2.75, 3.05) is 17.2 Å². The van der Waals surface area contributed by atoms with Crippen LogP contribution in [-0.2, 0) is 0 Å². The van der Waals surface area contributed by atoms with Crippen molar-refractivity contribution < 1.29 is 0 Å². The lowest BCUT2D eigenvalue weighted by Gasteiger charge is -2.41. The molecule has 5 heteroatoms. The maximum absolute atomic E-state index is 5.77. The largest absolute Gasteiger partial charge is 0.383 e. The highest BCUT2D eigenvalue weighted by atomic mass is 79.9. The summed E-state index contributed by atoms with van der Waals surface area (Å²) in [5, 5.41) is 0. The molecule has 0 aromatic carbocycles. The number of nitrogen functional groups attached to an aromatic ring is 1. The molecule has 0 radical (unpaired) electrons. The van der Waals surface area contributed by atoms with Crippen molar-refractivity contribution in [2.24, 2.45) is 11.8 Å². The number of piperidine rings is 1. The van der Waals surface area contributed by atoms with Gasteiger partial charge in [-0.3, -0.25) is 0 Å². The van der Waals surface area contributed by atoms with E-state index in [0.29, 0.717) is 23.7 Å². The van der Waals surface area contributed by atoms with Crippen LogP contribution in [0.4, 0.5) is 11.8 Å². The number of hydrogen-bond acceptors (Lipinski definition) is 4. The number of halogens is 1. The molecule has 0 bridgehead atoms. The van der Waals surface area contributed by atoms with Gasteiger partial charge < -0.3 is 10.6 Å². The Kier molecular flexibility index (Phi) is 3.56. The molecule has 3 unspecified atom stereocenters. The van der Waals surface area contributed by atoms with E-state index in [2.05, 4.69) is 51.6 Å². The van der Waals surface area contributed by atoms with Crippen molar-refractivity contribution in [3.8, 4) is 0 Å².